The molecular weight excluding hydrogens is 463 g/mol. The van der Waals surface area contributed by atoms with Crippen molar-refractivity contribution in [2.75, 3.05) is 0 Å². The fourth-order valence-electron chi connectivity index (χ4n) is 1.72. The molecule has 0 nitrogen and oxygen atoms in total. The standard InChI is InChI=1S/C13H10Br3ClS/c1-6-4-9(14)7(2)3-8(6)12(17)11-5-10(15)13(16)18-11/h3-5,12H,1-2H3. The summed E-state index contributed by atoms with van der Waals surface area (Å²) < 4.78 is 3.26. The van der Waals surface area contributed by atoms with Crippen LogP contribution < -0.4 is 0 Å². The molecule has 0 radical (unpaired) electrons. The number of alkyl halides is 1. The van der Waals surface area contributed by atoms with Crippen LogP contribution in [0, 0.1) is 13.8 Å². The SMILES string of the molecule is Cc1cc(C(Cl)c2cc(Br)c(Br)s2)c(C)cc1Br. The summed E-state index contributed by atoms with van der Waals surface area (Å²) in [5.41, 5.74) is 3.57. The van der Waals surface area contributed by atoms with Gasteiger partial charge in [0.05, 0.1) is 9.16 Å². The van der Waals surface area contributed by atoms with Crippen LogP contribution in [-0.4, -0.2) is 0 Å². The third-order valence-electron chi connectivity index (χ3n) is 2.73. The Hall–Kier alpha value is 0.650. The highest BCUT2D eigenvalue weighted by Crippen LogP contribution is 2.41. The Kier molecular flexibility index (Phi) is 4.98. The maximum atomic E-state index is 6.60. The van der Waals surface area contributed by atoms with Gasteiger partial charge in [-0.05, 0) is 74.5 Å². The minimum atomic E-state index is -0.107. The van der Waals surface area contributed by atoms with Crippen LogP contribution in [-0.2, 0) is 0 Å². The minimum absolute atomic E-state index is 0.107. The van der Waals surface area contributed by atoms with Crippen molar-refractivity contribution in [2.45, 2.75) is 19.2 Å². The Balaban J connectivity index is 2.45. The predicted molar refractivity (Wildman–Crippen MR) is 91.0 cm³/mol. The third kappa shape index (κ3) is 3.04. The van der Waals surface area contributed by atoms with Gasteiger partial charge < -0.3 is 0 Å². The zero-order valence-corrected chi connectivity index (χ0v) is 16.1. The van der Waals surface area contributed by atoms with E-state index in [9.17, 15) is 0 Å². The van der Waals surface area contributed by atoms with Gasteiger partial charge in [-0.25, -0.2) is 0 Å². The van der Waals surface area contributed by atoms with Crippen LogP contribution in [0.2, 0.25) is 0 Å². The topological polar surface area (TPSA) is 0 Å². The molecule has 1 heterocycles. The van der Waals surface area contributed by atoms with E-state index in [0.29, 0.717) is 0 Å². The van der Waals surface area contributed by atoms with Crippen LogP contribution in [0.3, 0.4) is 0 Å². The smallest absolute Gasteiger partial charge is 0.0931 e. The molecule has 0 aliphatic heterocycles. The lowest BCUT2D eigenvalue weighted by molar-refractivity contribution is 1.13. The van der Waals surface area contributed by atoms with Crippen molar-refractivity contribution >= 4 is 70.7 Å². The third-order valence-corrected chi connectivity index (χ3v) is 7.51. The van der Waals surface area contributed by atoms with Crippen molar-refractivity contribution in [1.29, 1.82) is 0 Å². The second kappa shape index (κ2) is 5.96. The van der Waals surface area contributed by atoms with Crippen molar-refractivity contribution in [3.63, 3.8) is 0 Å². The minimum Gasteiger partial charge on any atom is -0.130 e. The van der Waals surface area contributed by atoms with Gasteiger partial charge in [0.15, 0.2) is 0 Å². The largest absolute Gasteiger partial charge is 0.130 e. The van der Waals surface area contributed by atoms with E-state index in [2.05, 4.69) is 79.8 Å². The second-order valence-corrected chi connectivity index (χ2v) is 8.64. The molecule has 0 saturated carbocycles. The van der Waals surface area contributed by atoms with Crippen LogP contribution in [0.25, 0.3) is 0 Å². The second-order valence-electron chi connectivity index (χ2n) is 4.09. The molecule has 0 aliphatic rings. The summed E-state index contributed by atoms with van der Waals surface area (Å²) in [7, 11) is 0. The number of rotatable bonds is 2. The lowest BCUT2D eigenvalue weighted by Crippen LogP contribution is -1.95. The lowest BCUT2D eigenvalue weighted by Gasteiger charge is -2.13. The molecule has 0 spiro atoms. The first-order valence-corrected chi connectivity index (χ1v) is 8.88. The van der Waals surface area contributed by atoms with Crippen molar-refractivity contribution in [3.8, 4) is 0 Å². The Bertz CT molecular complexity index is 573. The molecule has 1 unspecified atom stereocenters. The Labute approximate surface area is 141 Å². The normalized spacial score (nSPS) is 12.8. The molecule has 5 heteroatoms. The van der Waals surface area contributed by atoms with Crippen LogP contribution >= 0.6 is 70.7 Å². The molecule has 0 fully saturated rings. The summed E-state index contributed by atoms with van der Waals surface area (Å²) in [4.78, 5) is 1.14. The van der Waals surface area contributed by atoms with E-state index in [1.165, 1.54) is 16.7 Å². The Morgan fingerprint density at radius 1 is 1.00 bits per heavy atom. The van der Waals surface area contributed by atoms with Crippen LogP contribution in [0.5, 0.6) is 0 Å². The van der Waals surface area contributed by atoms with Crippen LogP contribution in [0.1, 0.15) is 26.9 Å². The van der Waals surface area contributed by atoms with Crippen molar-refractivity contribution < 1.29 is 0 Å². The number of benzene rings is 1. The highest BCUT2D eigenvalue weighted by molar-refractivity contribution is 9.13. The number of hydrogen-bond donors (Lipinski definition) is 0. The molecule has 0 aliphatic carbocycles. The van der Waals surface area contributed by atoms with Gasteiger partial charge in [-0.2, -0.15) is 0 Å². The highest BCUT2D eigenvalue weighted by Gasteiger charge is 2.18. The summed E-state index contributed by atoms with van der Waals surface area (Å²) in [6.45, 7) is 4.17. The van der Waals surface area contributed by atoms with E-state index >= 15 is 0 Å². The average Bonchev–Trinajstić information content (AvgIpc) is 2.63. The van der Waals surface area contributed by atoms with Gasteiger partial charge in [-0.15, -0.1) is 22.9 Å². The van der Waals surface area contributed by atoms with Gasteiger partial charge in [0.1, 0.15) is 0 Å². The van der Waals surface area contributed by atoms with Gasteiger partial charge in [0.2, 0.25) is 0 Å². The van der Waals surface area contributed by atoms with E-state index in [1.807, 2.05) is 0 Å². The maximum Gasteiger partial charge on any atom is 0.0931 e. The van der Waals surface area contributed by atoms with E-state index in [4.69, 9.17) is 11.6 Å². The first kappa shape index (κ1) is 15.0. The molecule has 2 aromatic rings. The van der Waals surface area contributed by atoms with Gasteiger partial charge in [0, 0.05) is 13.8 Å². The molecule has 96 valence electrons. The lowest BCUT2D eigenvalue weighted by atomic mass is 10.0. The molecular formula is C13H10Br3ClS. The fraction of sp³-hybridized carbons (Fsp3) is 0.231. The van der Waals surface area contributed by atoms with Gasteiger partial charge in [-0.1, -0.05) is 22.0 Å². The van der Waals surface area contributed by atoms with Crippen LogP contribution in [0.4, 0.5) is 0 Å². The van der Waals surface area contributed by atoms with E-state index < -0.39 is 0 Å². The average molecular weight is 473 g/mol. The first-order chi connectivity index (χ1) is 8.40. The monoisotopic (exact) mass is 470 g/mol. The summed E-state index contributed by atoms with van der Waals surface area (Å²) in [6, 6.07) is 6.35. The molecule has 1 aromatic carbocycles. The number of thiophene rings is 1. The molecule has 18 heavy (non-hydrogen) atoms. The van der Waals surface area contributed by atoms with Crippen molar-refractivity contribution in [2.24, 2.45) is 0 Å². The van der Waals surface area contributed by atoms with Crippen molar-refractivity contribution in [1.82, 2.24) is 0 Å². The maximum absolute atomic E-state index is 6.60. The Morgan fingerprint density at radius 3 is 2.22 bits per heavy atom. The van der Waals surface area contributed by atoms with E-state index in [-0.39, 0.29) is 5.38 Å². The van der Waals surface area contributed by atoms with E-state index in [1.54, 1.807) is 11.3 Å². The quantitative estimate of drug-likeness (QED) is 0.413. The van der Waals surface area contributed by atoms with Gasteiger partial charge in [-0.3, -0.25) is 0 Å². The van der Waals surface area contributed by atoms with Gasteiger partial charge >= 0.3 is 0 Å². The number of halogens is 4. The predicted octanol–water partition coefficient (Wildman–Crippen LogP) is 6.98. The number of aryl methyl sites for hydroxylation is 2. The molecule has 0 N–H and O–H groups in total. The summed E-state index contributed by atoms with van der Waals surface area (Å²) in [6.07, 6.45) is 0. The highest BCUT2D eigenvalue weighted by atomic mass is 79.9. The molecule has 1 aromatic heterocycles. The molecule has 0 amide bonds. The van der Waals surface area contributed by atoms with Crippen LogP contribution in [0.15, 0.2) is 30.9 Å². The first-order valence-electron chi connectivity index (χ1n) is 5.25. The zero-order chi connectivity index (χ0) is 13.4. The molecule has 1 atom stereocenters. The molecule has 0 saturated heterocycles. The summed E-state index contributed by atoms with van der Waals surface area (Å²) >= 11 is 18.8. The fourth-order valence-corrected chi connectivity index (χ4v) is 4.69. The summed E-state index contributed by atoms with van der Waals surface area (Å²) in [5.74, 6) is 0. The Morgan fingerprint density at radius 2 is 1.67 bits per heavy atom. The molecule has 0 bridgehead atoms. The zero-order valence-electron chi connectivity index (χ0n) is 9.73. The van der Waals surface area contributed by atoms with Gasteiger partial charge in [0.25, 0.3) is 0 Å². The van der Waals surface area contributed by atoms with Crippen molar-refractivity contribution in [3.05, 3.63) is 52.5 Å². The van der Waals surface area contributed by atoms with E-state index in [0.717, 1.165) is 17.6 Å². The number of hydrogen-bond acceptors (Lipinski definition) is 1. The summed E-state index contributed by atoms with van der Waals surface area (Å²) in [5, 5.41) is -0.107. The molecule has 2 rings (SSSR count).